The molecule has 0 saturated carbocycles. The van der Waals surface area contributed by atoms with Gasteiger partial charge < -0.3 is 15.5 Å². The molecule has 0 fully saturated rings. The first-order chi connectivity index (χ1) is 11.9. The third-order valence-corrected chi connectivity index (χ3v) is 4.58. The van der Waals surface area contributed by atoms with Crippen LogP contribution in [0.25, 0.3) is 11.3 Å². The minimum Gasteiger partial charge on any atom is -0.504 e. The van der Waals surface area contributed by atoms with Crippen LogP contribution in [0.15, 0.2) is 35.8 Å². The summed E-state index contributed by atoms with van der Waals surface area (Å²) < 4.78 is 0. The van der Waals surface area contributed by atoms with E-state index in [-0.39, 0.29) is 28.8 Å². The average Bonchev–Trinajstić information content (AvgIpc) is 3.01. The van der Waals surface area contributed by atoms with E-state index >= 15 is 0 Å². The van der Waals surface area contributed by atoms with Crippen molar-refractivity contribution in [1.29, 1.82) is 0 Å². The number of hydrogen-bond donors (Lipinski definition) is 3. The molecule has 9 heteroatoms. The molecule has 25 heavy (non-hydrogen) atoms. The second-order valence-electron chi connectivity index (χ2n) is 5.06. The Morgan fingerprint density at radius 1 is 1.20 bits per heavy atom. The van der Waals surface area contributed by atoms with E-state index in [2.05, 4.69) is 15.3 Å². The summed E-state index contributed by atoms with van der Waals surface area (Å²) in [5.74, 6) is -1.02. The number of phenolic OH excluding ortho intramolecular Hbond substituents is 2. The highest BCUT2D eigenvalue weighted by Gasteiger charge is 2.13. The van der Waals surface area contributed by atoms with E-state index in [1.54, 1.807) is 23.7 Å². The first kappa shape index (κ1) is 17.5. The zero-order chi connectivity index (χ0) is 18.0. The second-order valence-corrected chi connectivity index (χ2v) is 6.71. The molecule has 3 rings (SSSR count). The van der Waals surface area contributed by atoms with E-state index in [1.165, 1.54) is 23.5 Å². The van der Waals surface area contributed by atoms with Gasteiger partial charge in [0.05, 0.1) is 12.1 Å². The summed E-state index contributed by atoms with van der Waals surface area (Å²) in [4.78, 5) is 20.4. The Bertz CT molecular complexity index is 946. The smallest absolute Gasteiger partial charge is 0.230 e. The van der Waals surface area contributed by atoms with Crippen molar-refractivity contribution in [3.05, 3.63) is 51.6 Å². The van der Waals surface area contributed by atoms with Gasteiger partial charge in [-0.2, -0.15) is 0 Å². The van der Waals surface area contributed by atoms with Gasteiger partial charge in [0.1, 0.15) is 5.15 Å². The van der Waals surface area contributed by atoms with Crippen molar-refractivity contribution in [2.45, 2.75) is 6.42 Å². The maximum atomic E-state index is 12.2. The summed E-state index contributed by atoms with van der Waals surface area (Å²) in [5.41, 5.74) is 1.86. The Morgan fingerprint density at radius 2 is 1.96 bits per heavy atom. The van der Waals surface area contributed by atoms with E-state index in [4.69, 9.17) is 23.2 Å². The number of carbonyl (C=O) groups excluding carboxylic acids is 1. The third kappa shape index (κ3) is 4.19. The van der Waals surface area contributed by atoms with Crippen LogP contribution in [-0.4, -0.2) is 26.1 Å². The van der Waals surface area contributed by atoms with Gasteiger partial charge in [-0.15, -0.1) is 11.3 Å². The summed E-state index contributed by atoms with van der Waals surface area (Å²) >= 11 is 13.1. The molecule has 0 aliphatic rings. The number of rotatable bonds is 4. The Hall–Kier alpha value is -2.35. The number of carbonyl (C=O) groups is 1. The molecule has 0 atom stereocenters. The summed E-state index contributed by atoms with van der Waals surface area (Å²) in [7, 11) is 0. The molecule has 0 unspecified atom stereocenters. The zero-order valence-corrected chi connectivity index (χ0v) is 14.9. The van der Waals surface area contributed by atoms with Crippen LogP contribution in [0.3, 0.4) is 0 Å². The van der Waals surface area contributed by atoms with Crippen LogP contribution in [0.4, 0.5) is 5.13 Å². The van der Waals surface area contributed by atoms with Crippen molar-refractivity contribution in [2.24, 2.45) is 0 Å². The lowest BCUT2D eigenvalue weighted by Gasteiger charge is -2.06. The maximum Gasteiger partial charge on any atom is 0.230 e. The molecule has 1 amide bonds. The number of thiazole rings is 1. The van der Waals surface area contributed by atoms with Crippen molar-refractivity contribution in [1.82, 2.24) is 9.97 Å². The van der Waals surface area contributed by atoms with Crippen molar-refractivity contribution in [2.75, 3.05) is 5.32 Å². The SMILES string of the molecule is O=C(Cc1cc(O)c(O)cc1Cl)Nc1nc(-c2ccnc(Cl)c2)cs1. The number of anilines is 1. The molecular formula is C16H11Cl2N3O3S. The number of aromatic nitrogens is 2. The maximum absolute atomic E-state index is 12.2. The van der Waals surface area contributed by atoms with E-state index in [1.807, 2.05) is 0 Å². The van der Waals surface area contributed by atoms with Crippen LogP contribution >= 0.6 is 34.5 Å². The molecule has 6 nitrogen and oxygen atoms in total. The number of pyridine rings is 1. The standard InChI is InChI=1S/C16H11Cl2N3O3S/c17-10-6-13(23)12(22)3-9(10)5-15(24)21-16-20-11(7-25-16)8-1-2-19-14(18)4-8/h1-4,6-7,22-23H,5H2,(H,20,21,24). The Balaban J connectivity index is 1.71. The molecule has 1 aromatic carbocycles. The molecule has 3 N–H and O–H groups in total. The van der Waals surface area contributed by atoms with Crippen molar-refractivity contribution >= 4 is 45.6 Å². The predicted molar refractivity (Wildman–Crippen MR) is 97.5 cm³/mol. The first-order valence-corrected chi connectivity index (χ1v) is 8.63. The minimum absolute atomic E-state index is 0.0668. The lowest BCUT2D eigenvalue weighted by atomic mass is 10.1. The number of benzene rings is 1. The number of nitrogens with one attached hydrogen (secondary N) is 1. The lowest BCUT2D eigenvalue weighted by molar-refractivity contribution is -0.115. The number of phenols is 2. The Kier molecular flexibility index (Phi) is 5.08. The third-order valence-electron chi connectivity index (χ3n) is 3.27. The molecule has 0 saturated heterocycles. The van der Waals surface area contributed by atoms with Crippen LogP contribution < -0.4 is 5.32 Å². The van der Waals surface area contributed by atoms with Crippen molar-refractivity contribution in [3.8, 4) is 22.8 Å². The monoisotopic (exact) mass is 395 g/mol. The number of nitrogens with zero attached hydrogens (tertiary/aromatic N) is 2. The topological polar surface area (TPSA) is 95.3 Å². The van der Waals surface area contributed by atoms with Gasteiger partial charge in [0.2, 0.25) is 5.91 Å². The van der Waals surface area contributed by atoms with Crippen molar-refractivity contribution in [3.63, 3.8) is 0 Å². The zero-order valence-electron chi connectivity index (χ0n) is 12.5. The highest BCUT2D eigenvalue weighted by Crippen LogP contribution is 2.32. The molecule has 0 aliphatic heterocycles. The minimum atomic E-state index is -0.347. The lowest BCUT2D eigenvalue weighted by Crippen LogP contribution is -2.14. The van der Waals surface area contributed by atoms with E-state index in [9.17, 15) is 15.0 Å². The van der Waals surface area contributed by atoms with Gasteiger partial charge in [-0.1, -0.05) is 23.2 Å². The summed E-state index contributed by atoms with van der Waals surface area (Å²) in [6, 6.07) is 5.89. The fraction of sp³-hybridized carbons (Fsp3) is 0.0625. The number of amides is 1. The normalized spacial score (nSPS) is 10.6. The van der Waals surface area contributed by atoms with Gasteiger partial charge >= 0.3 is 0 Å². The molecule has 2 heterocycles. The summed E-state index contributed by atoms with van der Waals surface area (Å²) in [5, 5.41) is 24.3. The number of hydrogen-bond acceptors (Lipinski definition) is 6. The van der Waals surface area contributed by atoms with Gasteiger partial charge in [0.25, 0.3) is 0 Å². The molecule has 0 spiro atoms. The van der Waals surface area contributed by atoms with Crippen LogP contribution in [0.1, 0.15) is 5.56 Å². The summed E-state index contributed by atoms with van der Waals surface area (Å²) in [6.45, 7) is 0. The van der Waals surface area contributed by atoms with Gasteiger partial charge in [-0.05, 0) is 23.8 Å². The van der Waals surface area contributed by atoms with Crippen LogP contribution in [0, 0.1) is 0 Å². The quantitative estimate of drug-likeness (QED) is 0.456. The first-order valence-electron chi connectivity index (χ1n) is 7.00. The van der Waals surface area contributed by atoms with Gasteiger partial charge in [0, 0.05) is 28.2 Å². The summed E-state index contributed by atoms with van der Waals surface area (Å²) in [6.07, 6.45) is 1.51. The van der Waals surface area contributed by atoms with Gasteiger partial charge in [0.15, 0.2) is 16.6 Å². The van der Waals surface area contributed by atoms with E-state index in [0.717, 1.165) is 5.56 Å². The molecule has 128 valence electrons. The molecule has 0 aliphatic carbocycles. The molecule has 0 radical (unpaired) electrons. The second kappa shape index (κ2) is 7.26. The Morgan fingerprint density at radius 3 is 2.72 bits per heavy atom. The molecular weight excluding hydrogens is 385 g/mol. The fourth-order valence-electron chi connectivity index (χ4n) is 2.09. The molecule has 3 aromatic rings. The van der Waals surface area contributed by atoms with E-state index < -0.39 is 0 Å². The Labute approximate surface area is 156 Å². The average molecular weight is 396 g/mol. The highest BCUT2D eigenvalue weighted by atomic mass is 35.5. The van der Waals surface area contributed by atoms with Gasteiger partial charge in [-0.25, -0.2) is 9.97 Å². The fourth-order valence-corrected chi connectivity index (χ4v) is 3.23. The number of halogens is 2. The molecule has 2 aromatic heterocycles. The van der Waals surface area contributed by atoms with Crippen LogP contribution in [-0.2, 0) is 11.2 Å². The highest BCUT2D eigenvalue weighted by molar-refractivity contribution is 7.14. The van der Waals surface area contributed by atoms with Gasteiger partial charge in [-0.3, -0.25) is 4.79 Å². The predicted octanol–water partition coefficient (Wildman–Crippen LogP) is 4.10. The molecule has 0 bridgehead atoms. The number of aromatic hydroxyl groups is 2. The van der Waals surface area contributed by atoms with Crippen LogP contribution in [0.2, 0.25) is 10.2 Å². The van der Waals surface area contributed by atoms with Crippen molar-refractivity contribution < 1.29 is 15.0 Å². The van der Waals surface area contributed by atoms with Crippen LogP contribution in [0.5, 0.6) is 11.5 Å². The van der Waals surface area contributed by atoms with E-state index in [0.29, 0.717) is 21.5 Å². The largest absolute Gasteiger partial charge is 0.504 e.